The number of hydrogen-bond donors (Lipinski definition) is 0. The average molecular weight is 164 g/mol. The SMILES string of the molecule is CC1C(C)C23C(C)C(C)C2CC13. The summed E-state index contributed by atoms with van der Waals surface area (Å²) in [6.07, 6.45) is 1.57. The summed E-state index contributed by atoms with van der Waals surface area (Å²) in [5.74, 6) is 6.40. The molecule has 0 aromatic carbocycles. The van der Waals surface area contributed by atoms with E-state index >= 15 is 0 Å². The molecule has 3 saturated carbocycles. The maximum Gasteiger partial charge on any atom is -0.0179 e. The minimum atomic E-state index is 0.860. The summed E-state index contributed by atoms with van der Waals surface area (Å²) in [6, 6.07) is 0. The van der Waals surface area contributed by atoms with E-state index in [2.05, 4.69) is 27.7 Å². The van der Waals surface area contributed by atoms with E-state index in [-0.39, 0.29) is 0 Å². The Kier molecular flexibility index (Phi) is 1.09. The van der Waals surface area contributed by atoms with Crippen molar-refractivity contribution in [3.8, 4) is 0 Å². The van der Waals surface area contributed by atoms with Crippen LogP contribution in [0.25, 0.3) is 0 Å². The van der Waals surface area contributed by atoms with Crippen LogP contribution < -0.4 is 0 Å². The minimum absolute atomic E-state index is 0.860. The Morgan fingerprint density at radius 1 is 0.833 bits per heavy atom. The van der Waals surface area contributed by atoms with Gasteiger partial charge < -0.3 is 0 Å². The van der Waals surface area contributed by atoms with Crippen LogP contribution in [0.15, 0.2) is 0 Å². The van der Waals surface area contributed by atoms with Crippen molar-refractivity contribution in [2.75, 3.05) is 0 Å². The molecule has 3 aliphatic carbocycles. The lowest BCUT2D eigenvalue weighted by atomic mass is 9.21. The van der Waals surface area contributed by atoms with Gasteiger partial charge in [0.25, 0.3) is 0 Å². The summed E-state index contributed by atoms with van der Waals surface area (Å²) in [5, 5.41) is 0. The molecule has 3 rings (SSSR count). The molecule has 0 heteroatoms. The largest absolute Gasteiger partial charge is 0.0619 e. The van der Waals surface area contributed by atoms with E-state index in [1.807, 2.05) is 0 Å². The molecule has 68 valence electrons. The van der Waals surface area contributed by atoms with Gasteiger partial charge in [0.05, 0.1) is 0 Å². The standard InChI is InChI=1S/C12H20/c1-6-8(3)12-9(4)7(2)11(12)5-10(6)12/h6-11H,5H2,1-4H3. The van der Waals surface area contributed by atoms with Crippen molar-refractivity contribution in [1.82, 2.24) is 0 Å². The summed E-state index contributed by atoms with van der Waals surface area (Å²) in [4.78, 5) is 0. The molecule has 0 saturated heterocycles. The van der Waals surface area contributed by atoms with E-state index in [1.54, 1.807) is 6.42 Å². The molecular weight excluding hydrogens is 144 g/mol. The van der Waals surface area contributed by atoms with E-state index in [9.17, 15) is 0 Å². The third kappa shape index (κ3) is 0.418. The molecule has 12 heavy (non-hydrogen) atoms. The highest BCUT2D eigenvalue weighted by atomic mass is 14.8. The Balaban J connectivity index is 1.91. The van der Waals surface area contributed by atoms with Crippen molar-refractivity contribution in [3.05, 3.63) is 0 Å². The molecule has 3 aliphatic rings. The van der Waals surface area contributed by atoms with Gasteiger partial charge in [0.2, 0.25) is 0 Å². The van der Waals surface area contributed by atoms with Gasteiger partial charge in [-0.15, -0.1) is 0 Å². The molecule has 0 N–H and O–H groups in total. The molecule has 0 aromatic rings. The highest BCUT2D eigenvalue weighted by Gasteiger charge is 2.77. The zero-order chi connectivity index (χ0) is 8.67. The van der Waals surface area contributed by atoms with Crippen LogP contribution in [0, 0.1) is 40.9 Å². The molecule has 0 bridgehead atoms. The normalized spacial score (nSPS) is 73.0. The van der Waals surface area contributed by atoms with Gasteiger partial charge in [0, 0.05) is 0 Å². The molecule has 6 unspecified atom stereocenters. The average Bonchev–Trinajstić information content (AvgIpc) is 2.03. The van der Waals surface area contributed by atoms with Crippen LogP contribution in [0.1, 0.15) is 34.1 Å². The molecule has 0 aliphatic heterocycles. The Hall–Kier alpha value is 0. The first-order chi connectivity index (χ1) is 5.61. The van der Waals surface area contributed by atoms with Crippen LogP contribution in [-0.2, 0) is 0 Å². The van der Waals surface area contributed by atoms with Crippen LogP contribution in [-0.4, -0.2) is 0 Å². The molecular formula is C12H20. The van der Waals surface area contributed by atoms with Crippen LogP contribution in [0.2, 0.25) is 0 Å². The predicted octanol–water partition coefficient (Wildman–Crippen LogP) is 3.18. The van der Waals surface area contributed by atoms with Crippen molar-refractivity contribution in [3.63, 3.8) is 0 Å². The van der Waals surface area contributed by atoms with Gasteiger partial charge in [-0.05, 0) is 47.3 Å². The highest BCUT2D eigenvalue weighted by Crippen LogP contribution is 2.82. The van der Waals surface area contributed by atoms with Gasteiger partial charge in [0.15, 0.2) is 0 Å². The second-order valence-electron chi connectivity index (χ2n) is 5.74. The lowest BCUT2D eigenvalue weighted by Crippen LogP contribution is -2.78. The van der Waals surface area contributed by atoms with E-state index in [0.717, 1.165) is 40.9 Å². The van der Waals surface area contributed by atoms with Crippen molar-refractivity contribution in [1.29, 1.82) is 0 Å². The lowest BCUT2D eigenvalue weighted by molar-refractivity contribution is -0.356. The highest BCUT2D eigenvalue weighted by molar-refractivity contribution is 5.25. The van der Waals surface area contributed by atoms with Crippen molar-refractivity contribution in [2.24, 2.45) is 40.9 Å². The van der Waals surface area contributed by atoms with Crippen molar-refractivity contribution < 1.29 is 0 Å². The Morgan fingerprint density at radius 3 is 1.58 bits per heavy atom. The second kappa shape index (κ2) is 1.76. The van der Waals surface area contributed by atoms with Gasteiger partial charge in [-0.1, -0.05) is 27.7 Å². The fourth-order valence-electron chi connectivity index (χ4n) is 5.27. The fourth-order valence-corrected chi connectivity index (χ4v) is 5.27. The maximum absolute atomic E-state index is 2.50. The third-order valence-electron chi connectivity index (χ3n) is 6.22. The molecule has 0 nitrogen and oxygen atoms in total. The molecule has 3 fully saturated rings. The summed E-state index contributed by atoms with van der Waals surface area (Å²) in [5.41, 5.74) is 0.860. The quantitative estimate of drug-likeness (QED) is 0.516. The van der Waals surface area contributed by atoms with E-state index in [0.29, 0.717) is 0 Å². The molecule has 0 aromatic heterocycles. The summed E-state index contributed by atoms with van der Waals surface area (Å²) >= 11 is 0. The first-order valence-electron chi connectivity index (χ1n) is 5.61. The van der Waals surface area contributed by atoms with Crippen molar-refractivity contribution in [2.45, 2.75) is 34.1 Å². The van der Waals surface area contributed by atoms with Gasteiger partial charge in [0.1, 0.15) is 0 Å². The zero-order valence-corrected chi connectivity index (χ0v) is 8.67. The van der Waals surface area contributed by atoms with E-state index < -0.39 is 0 Å². The summed E-state index contributed by atoms with van der Waals surface area (Å²) in [7, 11) is 0. The van der Waals surface area contributed by atoms with E-state index in [1.165, 1.54) is 0 Å². The van der Waals surface area contributed by atoms with Crippen LogP contribution >= 0.6 is 0 Å². The van der Waals surface area contributed by atoms with Gasteiger partial charge >= 0.3 is 0 Å². The first kappa shape index (κ1) is 7.41. The summed E-state index contributed by atoms with van der Waals surface area (Å²) < 4.78 is 0. The molecule has 6 atom stereocenters. The zero-order valence-electron chi connectivity index (χ0n) is 8.67. The molecule has 0 radical (unpaired) electrons. The van der Waals surface area contributed by atoms with Gasteiger partial charge in [-0.3, -0.25) is 0 Å². The Morgan fingerprint density at radius 2 is 1.25 bits per heavy atom. The van der Waals surface area contributed by atoms with Crippen LogP contribution in [0.4, 0.5) is 0 Å². The van der Waals surface area contributed by atoms with Gasteiger partial charge in [-0.2, -0.15) is 0 Å². The molecule has 1 spiro atoms. The van der Waals surface area contributed by atoms with E-state index in [4.69, 9.17) is 0 Å². The topological polar surface area (TPSA) is 0 Å². The van der Waals surface area contributed by atoms with Crippen LogP contribution in [0.5, 0.6) is 0 Å². The fraction of sp³-hybridized carbons (Fsp3) is 1.00. The molecule has 0 amide bonds. The maximum atomic E-state index is 2.50. The first-order valence-corrected chi connectivity index (χ1v) is 5.61. The van der Waals surface area contributed by atoms with Crippen molar-refractivity contribution >= 4 is 0 Å². The minimum Gasteiger partial charge on any atom is -0.0619 e. The summed E-state index contributed by atoms with van der Waals surface area (Å²) in [6.45, 7) is 9.92. The van der Waals surface area contributed by atoms with Crippen LogP contribution in [0.3, 0.4) is 0 Å². The second-order valence-corrected chi connectivity index (χ2v) is 5.74. The Bertz CT molecular complexity index is 191. The Labute approximate surface area is 75.7 Å². The number of rotatable bonds is 0. The predicted molar refractivity (Wildman–Crippen MR) is 50.7 cm³/mol. The smallest absolute Gasteiger partial charge is 0.0179 e. The monoisotopic (exact) mass is 164 g/mol. The third-order valence-corrected chi connectivity index (χ3v) is 6.22. The van der Waals surface area contributed by atoms with Gasteiger partial charge in [-0.25, -0.2) is 0 Å². The molecule has 0 heterocycles. The lowest BCUT2D eigenvalue weighted by Gasteiger charge is -2.83. The number of hydrogen-bond acceptors (Lipinski definition) is 0.